The van der Waals surface area contributed by atoms with Gasteiger partial charge in [0.05, 0.1) is 5.02 Å². The summed E-state index contributed by atoms with van der Waals surface area (Å²) in [4.78, 5) is 33.1. The summed E-state index contributed by atoms with van der Waals surface area (Å²) in [5, 5.41) is 7.21. The van der Waals surface area contributed by atoms with E-state index in [2.05, 4.69) is 20.4 Å². The van der Waals surface area contributed by atoms with Crippen LogP contribution in [0, 0.1) is 12.8 Å². The van der Waals surface area contributed by atoms with Gasteiger partial charge in [-0.15, -0.1) is 0 Å². The maximum Gasteiger partial charge on any atom is 0.238 e. The highest BCUT2D eigenvalue weighted by molar-refractivity contribution is 6.33. The van der Waals surface area contributed by atoms with Crippen LogP contribution in [-0.4, -0.2) is 26.8 Å². The van der Waals surface area contributed by atoms with Gasteiger partial charge in [-0.2, -0.15) is 4.98 Å². The summed E-state index contributed by atoms with van der Waals surface area (Å²) in [6, 6.07) is 7.78. The van der Waals surface area contributed by atoms with Gasteiger partial charge >= 0.3 is 0 Å². The Hall–Kier alpha value is -3.06. The van der Waals surface area contributed by atoms with Crippen LogP contribution in [0.15, 0.2) is 35.0 Å². The van der Waals surface area contributed by atoms with Gasteiger partial charge in [0.1, 0.15) is 5.82 Å². The average molecular weight is 467 g/mol. The molecule has 1 aliphatic carbocycles. The van der Waals surface area contributed by atoms with E-state index >= 15 is 0 Å². The lowest BCUT2D eigenvalue weighted by Crippen LogP contribution is -2.14. The highest BCUT2D eigenvalue weighted by Gasteiger charge is 2.30. The number of nitrogens with zero attached hydrogens (tertiary/aromatic N) is 3. The van der Waals surface area contributed by atoms with Crippen LogP contribution < -0.4 is 5.32 Å². The molecule has 0 spiro atoms. The number of halogens is 1. The fourth-order valence-electron chi connectivity index (χ4n) is 3.45. The van der Waals surface area contributed by atoms with Crippen molar-refractivity contribution in [2.75, 3.05) is 5.32 Å². The lowest BCUT2D eigenvalue weighted by Gasteiger charge is -2.11. The maximum atomic E-state index is 12.5. The molecule has 0 saturated heterocycles. The number of anilines is 1. The predicted molar refractivity (Wildman–Crippen MR) is 126 cm³/mol. The summed E-state index contributed by atoms with van der Waals surface area (Å²) in [6.07, 6.45) is 4.27. The van der Waals surface area contributed by atoms with Crippen molar-refractivity contribution < 1.29 is 14.1 Å². The van der Waals surface area contributed by atoms with Crippen LogP contribution in [0.1, 0.15) is 67.7 Å². The first kappa shape index (κ1) is 23.1. The smallest absolute Gasteiger partial charge is 0.238 e. The number of rotatable bonds is 7. The number of hydrogen-bond acceptors (Lipinski definition) is 6. The molecule has 1 saturated carbocycles. The fraction of sp³-hybridized carbons (Fsp3) is 0.400. The first-order valence-electron chi connectivity index (χ1n) is 11.1. The number of hydrogen-bond donors (Lipinski definition) is 1. The van der Waals surface area contributed by atoms with Crippen molar-refractivity contribution in [3.63, 3.8) is 0 Å². The summed E-state index contributed by atoms with van der Waals surface area (Å²) in [6.45, 7) is 7.87. The standard InChI is InChI=1S/C25H27ClN4O3/c1-14-11-17(18-12-21(27-13-19(18)26)28-23(32)16-6-7-16)8-5-15(14)9-10-20(31)22-29-24(33-30-22)25(2,3)4/h5,8,11-13,16H,6-7,9-10H2,1-4H3,(H,27,28,32). The van der Waals surface area contributed by atoms with E-state index in [0.717, 1.165) is 35.1 Å². The number of aromatic nitrogens is 3. The van der Waals surface area contributed by atoms with Gasteiger partial charge in [0.2, 0.25) is 23.4 Å². The second-order valence-electron chi connectivity index (χ2n) is 9.55. The monoisotopic (exact) mass is 466 g/mol. The molecule has 2 heterocycles. The number of nitrogens with one attached hydrogen (secondary N) is 1. The van der Waals surface area contributed by atoms with Gasteiger partial charge in [-0.1, -0.05) is 55.7 Å². The maximum absolute atomic E-state index is 12.5. The van der Waals surface area contributed by atoms with Gasteiger partial charge in [0.25, 0.3) is 0 Å². The third kappa shape index (κ3) is 5.47. The third-order valence-electron chi connectivity index (χ3n) is 5.65. The molecule has 1 fully saturated rings. The highest BCUT2D eigenvalue weighted by atomic mass is 35.5. The summed E-state index contributed by atoms with van der Waals surface area (Å²) in [5.41, 5.74) is 3.52. The molecule has 0 unspecified atom stereocenters. The van der Waals surface area contributed by atoms with Crippen LogP contribution in [0.25, 0.3) is 11.1 Å². The molecule has 0 aliphatic heterocycles. The minimum absolute atomic E-state index is 0.00295. The molecule has 33 heavy (non-hydrogen) atoms. The van der Waals surface area contributed by atoms with Crippen molar-refractivity contribution in [1.82, 2.24) is 15.1 Å². The van der Waals surface area contributed by atoms with E-state index in [4.69, 9.17) is 16.1 Å². The molecule has 1 amide bonds. The Balaban J connectivity index is 1.45. The van der Waals surface area contributed by atoms with E-state index in [9.17, 15) is 9.59 Å². The van der Waals surface area contributed by atoms with Crippen LogP contribution in [0.2, 0.25) is 5.02 Å². The zero-order valence-electron chi connectivity index (χ0n) is 19.2. The van der Waals surface area contributed by atoms with Gasteiger partial charge in [-0.3, -0.25) is 9.59 Å². The number of aryl methyl sites for hydroxylation is 2. The Morgan fingerprint density at radius 1 is 1.21 bits per heavy atom. The summed E-state index contributed by atoms with van der Waals surface area (Å²) < 4.78 is 5.23. The molecular formula is C25H27ClN4O3. The molecule has 1 aromatic carbocycles. The van der Waals surface area contributed by atoms with Gasteiger partial charge < -0.3 is 9.84 Å². The first-order valence-corrected chi connectivity index (χ1v) is 11.4. The topological polar surface area (TPSA) is 98.0 Å². The first-order chi connectivity index (χ1) is 15.6. The third-order valence-corrected chi connectivity index (χ3v) is 5.95. The predicted octanol–water partition coefficient (Wildman–Crippen LogP) is 5.55. The molecule has 0 radical (unpaired) electrons. The number of ketones is 1. The minimum atomic E-state index is -0.299. The zero-order chi connectivity index (χ0) is 23.8. The van der Waals surface area contributed by atoms with E-state index in [-0.39, 0.29) is 35.3 Å². The summed E-state index contributed by atoms with van der Waals surface area (Å²) in [7, 11) is 0. The number of pyridine rings is 1. The molecule has 0 atom stereocenters. The van der Waals surface area contributed by atoms with E-state index in [1.54, 1.807) is 12.3 Å². The van der Waals surface area contributed by atoms with Crippen LogP contribution >= 0.6 is 11.6 Å². The van der Waals surface area contributed by atoms with Crippen molar-refractivity contribution >= 4 is 29.1 Å². The van der Waals surface area contributed by atoms with Crippen LogP contribution in [-0.2, 0) is 16.6 Å². The Labute approximate surface area is 197 Å². The molecule has 0 bridgehead atoms. The lowest BCUT2D eigenvalue weighted by atomic mass is 9.96. The van der Waals surface area contributed by atoms with Gasteiger partial charge in [0, 0.05) is 29.5 Å². The lowest BCUT2D eigenvalue weighted by molar-refractivity contribution is -0.117. The average Bonchev–Trinajstić information content (AvgIpc) is 3.49. The Morgan fingerprint density at radius 3 is 2.61 bits per heavy atom. The van der Waals surface area contributed by atoms with Gasteiger partial charge in [-0.05, 0) is 48.9 Å². The minimum Gasteiger partial charge on any atom is -0.338 e. The molecule has 1 N–H and O–H groups in total. The molecular weight excluding hydrogens is 440 g/mol. The number of carbonyl (C=O) groups excluding carboxylic acids is 2. The van der Waals surface area contributed by atoms with E-state index < -0.39 is 0 Å². The molecule has 172 valence electrons. The van der Waals surface area contributed by atoms with E-state index in [0.29, 0.717) is 23.2 Å². The number of Topliss-reactive ketones (excluding diaryl/α,β-unsaturated/α-hetero) is 1. The highest BCUT2D eigenvalue weighted by Crippen LogP contribution is 2.33. The number of benzene rings is 1. The number of carbonyl (C=O) groups is 2. The summed E-state index contributed by atoms with van der Waals surface area (Å²) >= 11 is 6.40. The van der Waals surface area contributed by atoms with E-state index in [1.807, 2.05) is 45.9 Å². The normalized spacial score (nSPS) is 13.7. The Morgan fingerprint density at radius 2 is 1.97 bits per heavy atom. The van der Waals surface area contributed by atoms with Crippen LogP contribution in [0.3, 0.4) is 0 Å². The molecule has 2 aromatic heterocycles. The van der Waals surface area contributed by atoms with Crippen LogP contribution in [0.5, 0.6) is 0 Å². The molecule has 4 rings (SSSR count). The molecule has 1 aliphatic rings. The van der Waals surface area contributed by atoms with Gasteiger partial charge in [-0.25, -0.2) is 4.98 Å². The SMILES string of the molecule is Cc1cc(-c2cc(NC(=O)C3CC3)ncc2Cl)ccc1CCC(=O)c1noc(C(C)(C)C)n1. The Kier molecular flexibility index (Phi) is 6.34. The van der Waals surface area contributed by atoms with Crippen molar-refractivity contribution in [3.05, 3.63) is 58.3 Å². The van der Waals surface area contributed by atoms with E-state index in [1.165, 1.54) is 0 Å². The quantitative estimate of drug-likeness (QED) is 0.458. The second kappa shape index (κ2) is 9.06. The van der Waals surface area contributed by atoms with Crippen molar-refractivity contribution in [2.24, 2.45) is 5.92 Å². The molecule has 7 nitrogen and oxygen atoms in total. The van der Waals surface area contributed by atoms with Crippen molar-refractivity contribution in [1.29, 1.82) is 0 Å². The van der Waals surface area contributed by atoms with Crippen molar-refractivity contribution in [2.45, 2.75) is 58.8 Å². The summed E-state index contributed by atoms with van der Waals surface area (Å²) in [5.74, 6) is 1.03. The van der Waals surface area contributed by atoms with Crippen LogP contribution in [0.4, 0.5) is 5.82 Å². The molecule has 3 aromatic rings. The number of amides is 1. The fourth-order valence-corrected chi connectivity index (χ4v) is 3.66. The largest absolute Gasteiger partial charge is 0.338 e. The van der Waals surface area contributed by atoms with Gasteiger partial charge in [0.15, 0.2) is 0 Å². The zero-order valence-corrected chi connectivity index (χ0v) is 20.0. The second-order valence-corrected chi connectivity index (χ2v) is 9.96. The van der Waals surface area contributed by atoms with Crippen molar-refractivity contribution in [3.8, 4) is 11.1 Å². The molecule has 8 heteroatoms. The Bertz CT molecular complexity index is 1210.